The SMILES string of the molecule is CCC1(Nc2cc(C(F)(F)F)cc(N)n2)CCC1. The molecule has 1 heterocycles. The van der Waals surface area contributed by atoms with Crippen LogP contribution in [0.4, 0.5) is 24.8 Å². The van der Waals surface area contributed by atoms with Crippen LogP contribution in [0.3, 0.4) is 0 Å². The molecule has 100 valence electrons. The molecule has 0 amide bonds. The molecule has 0 saturated heterocycles. The van der Waals surface area contributed by atoms with Gasteiger partial charge < -0.3 is 11.1 Å². The van der Waals surface area contributed by atoms with Crippen LogP contribution in [0.1, 0.15) is 38.2 Å². The number of hydrogen-bond acceptors (Lipinski definition) is 3. The van der Waals surface area contributed by atoms with Gasteiger partial charge in [0.1, 0.15) is 11.6 Å². The highest BCUT2D eigenvalue weighted by Gasteiger charge is 2.36. The number of hydrogen-bond donors (Lipinski definition) is 2. The van der Waals surface area contributed by atoms with Crippen molar-refractivity contribution in [3.8, 4) is 0 Å². The average molecular weight is 259 g/mol. The molecule has 0 spiro atoms. The summed E-state index contributed by atoms with van der Waals surface area (Å²) in [5, 5.41) is 3.10. The number of rotatable bonds is 3. The fraction of sp³-hybridized carbons (Fsp3) is 0.583. The van der Waals surface area contributed by atoms with Gasteiger partial charge in [-0.2, -0.15) is 13.2 Å². The fourth-order valence-electron chi connectivity index (χ4n) is 2.22. The first-order chi connectivity index (χ1) is 8.35. The quantitative estimate of drug-likeness (QED) is 0.874. The lowest BCUT2D eigenvalue weighted by molar-refractivity contribution is -0.137. The van der Waals surface area contributed by atoms with Crippen molar-refractivity contribution in [1.29, 1.82) is 0 Å². The number of nitrogens with two attached hydrogens (primary N) is 1. The molecule has 0 radical (unpaired) electrons. The van der Waals surface area contributed by atoms with E-state index in [1.165, 1.54) is 0 Å². The summed E-state index contributed by atoms with van der Waals surface area (Å²) < 4.78 is 37.9. The molecule has 18 heavy (non-hydrogen) atoms. The van der Waals surface area contributed by atoms with Crippen molar-refractivity contribution in [2.75, 3.05) is 11.1 Å². The number of nitrogens with zero attached hydrogens (tertiary/aromatic N) is 1. The summed E-state index contributed by atoms with van der Waals surface area (Å²) in [5.74, 6) is 0.0989. The standard InChI is InChI=1S/C12H16F3N3/c1-2-11(4-3-5-11)18-10-7-8(12(13,14)15)6-9(16)17-10/h6-7H,2-5H2,1H3,(H3,16,17,18). The second-order valence-corrected chi connectivity index (χ2v) is 4.78. The van der Waals surface area contributed by atoms with E-state index in [0.29, 0.717) is 0 Å². The van der Waals surface area contributed by atoms with Crippen LogP contribution in [0, 0.1) is 0 Å². The minimum absolute atomic E-state index is 0.107. The van der Waals surface area contributed by atoms with Gasteiger partial charge in [-0.25, -0.2) is 4.98 Å². The van der Waals surface area contributed by atoms with E-state index >= 15 is 0 Å². The summed E-state index contributed by atoms with van der Waals surface area (Å²) in [4.78, 5) is 3.93. The number of halogens is 3. The minimum atomic E-state index is -4.40. The second kappa shape index (κ2) is 4.33. The highest BCUT2D eigenvalue weighted by molar-refractivity contribution is 5.49. The third-order valence-corrected chi connectivity index (χ3v) is 3.55. The molecule has 6 heteroatoms. The molecule has 1 saturated carbocycles. The third-order valence-electron chi connectivity index (χ3n) is 3.55. The maximum Gasteiger partial charge on any atom is 0.416 e. The van der Waals surface area contributed by atoms with Crippen LogP contribution in [-0.4, -0.2) is 10.5 Å². The van der Waals surface area contributed by atoms with Crippen LogP contribution in [0.2, 0.25) is 0 Å². The van der Waals surface area contributed by atoms with Crippen LogP contribution in [0.25, 0.3) is 0 Å². The van der Waals surface area contributed by atoms with Crippen molar-refractivity contribution < 1.29 is 13.2 Å². The number of anilines is 2. The Labute approximate surface area is 104 Å². The Balaban J connectivity index is 2.26. The largest absolute Gasteiger partial charge is 0.416 e. The molecule has 0 unspecified atom stereocenters. The van der Waals surface area contributed by atoms with E-state index < -0.39 is 11.7 Å². The first-order valence-corrected chi connectivity index (χ1v) is 5.98. The topological polar surface area (TPSA) is 50.9 Å². The highest BCUT2D eigenvalue weighted by atomic mass is 19.4. The Kier molecular flexibility index (Phi) is 3.12. The zero-order chi connectivity index (χ0) is 13.4. The molecular formula is C12H16F3N3. The summed E-state index contributed by atoms with van der Waals surface area (Å²) in [7, 11) is 0. The van der Waals surface area contributed by atoms with Gasteiger partial charge in [0, 0.05) is 5.54 Å². The maximum atomic E-state index is 12.6. The van der Waals surface area contributed by atoms with Gasteiger partial charge in [0.25, 0.3) is 0 Å². The Morgan fingerprint density at radius 2 is 2.06 bits per heavy atom. The number of aromatic nitrogens is 1. The fourth-order valence-corrected chi connectivity index (χ4v) is 2.22. The van der Waals surface area contributed by atoms with Gasteiger partial charge in [-0.3, -0.25) is 0 Å². The van der Waals surface area contributed by atoms with Crippen molar-refractivity contribution in [2.45, 2.75) is 44.3 Å². The highest BCUT2D eigenvalue weighted by Crippen LogP contribution is 2.39. The van der Waals surface area contributed by atoms with Crippen LogP contribution < -0.4 is 11.1 Å². The number of pyridine rings is 1. The molecule has 0 aromatic carbocycles. The van der Waals surface area contributed by atoms with Gasteiger partial charge in [-0.15, -0.1) is 0 Å². The Morgan fingerprint density at radius 3 is 2.50 bits per heavy atom. The summed E-state index contributed by atoms with van der Waals surface area (Å²) in [5.41, 5.74) is 4.56. The smallest absolute Gasteiger partial charge is 0.384 e. The Bertz CT molecular complexity index is 433. The lowest BCUT2D eigenvalue weighted by Crippen LogP contribution is -2.44. The Morgan fingerprint density at radius 1 is 1.39 bits per heavy atom. The van der Waals surface area contributed by atoms with Crippen molar-refractivity contribution >= 4 is 11.6 Å². The first kappa shape index (κ1) is 13.0. The molecule has 2 rings (SSSR count). The number of nitrogens with one attached hydrogen (secondary N) is 1. The Hall–Kier alpha value is -1.46. The lowest BCUT2D eigenvalue weighted by Gasteiger charge is -2.42. The number of alkyl halides is 3. The van der Waals surface area contributed by atoms with Gasteiger partial charge in [-0.1, -0.05) is 6.92 Å². The average Bonchev–Trinajstić information content (AvgIpc) is 2.21. The van der Waals surface area contributed by atoms with E-state index in [9.17, 15) is 13.2 Å². The molecule has 3 N–H and O–H groups in total. The van der Waals surface area contributed by atoms with Crippen LogP contribution in [-0.2, 0) is 6.18 Å². The van der Waals surface area contributed by atoms with Gasteiger partial charge in [0.15, 0.2) is 0 Å². The normalized spacial score (nSPS) is 18.2. The third kappa shape index (κ3) is 2.52. The van der Waals surface area contributed by atoms with E-state index in [4.69, 9.17) is 5.73 Å². The predicted molar refractivity (Wildman–Crippen MR) is 64.1 cm³/mol. The van der Waals surface area contributed by atoms with E-state index in [-0.39, 0.29) is 17.2 Å². The molecule has 0 aliphatic heterocycles. The zero-order valence-corrected chi connectivity index (χ0v) is 10.1. The van der Waals surface area contributed by atoms with Gasteiger partial charge in [-0.05, 0) is 37.8 Å². The van der Waals surface area contributed by atoms with E-state index in [0.717, 1.165) is 37.8 Å². The minimum Gasteiger partial charge on any atom is -0.384 e. The molecule has 0 bridgehead atoms. The first-order valence-electron chi connectivity index (χ1n) is 5.98. The molecule has 1 aromatic heterocycles. The van der Waals surface area contributed by atoms with Gasteiger partial charge in [0.2, 0.25) is 0 Å². The van der Waals surface area contributed by atoms with E-state index in [1.807, 2.05) is 6.92 Å². The molecular weight excluding hydrogens is 243 g/mol. The number of nitrogen functional groups attached to an aromatic ring is 1. The summed E-state index contributed by atoms with van der Waals surface area (Å²) in [6.07, 6.45) is -0.519. The summed E-state index contributed by atoms with van der Waals surface area (Å²) in [6.45, 7) is 2.02. The molecule has 1 aliphatic rings. The van der Waals surface area contributed by atoms with Crippen molar-refractivity contribution in [1.82, 2.24) is 4.98 Å². The van der Waals surface area contributed by atoms with Crippen molar-refractivity contribution in [2.24, 2.45) is 0 Å². The van der Waals surface area contributed by atoms with Gasteiger partial charge >= 0.3 is 6.18 Å². The molecule has 1 aromatic rings. The summed E-state index contributed by atoms with van der Waals surface area (Å²) in [6, 6.07) is 1.87. The molecule has 0 atom stereocenters. The predicted octanol–water partition coefficient (Wildman–Crippen LogP) is 3.43. The molecule has 3 nitrogen and oxygen atoms in total. The van der Waals surface area contributed by atoms with E-state index in [1.54, 1.807) is 0 Å². The monoisotopic (exact) mass is 259 g/mol. The molecule has 1 fully saturated rings. The second-order valence-electron chi connectivity index (χ2n) is 4.78. The van der Waals surface area contributed by atoms with Crippen LogP contribution in [0.5, 0.6) is 0 Å². The maximum absolute atomic E-state index is 12.6. The van der Waals surface area contributed by atoms with Crippen LogP contribution >= 0.6 is 0 Å². The molecule has 1 aliphatic carbocycles. The summed E-state index contributed by atoms with van der Waals surface area (Å²) >= 11 is 0. The van der Waals surface area contributed by atoms with Crippen LogP contribution in [0.15, 0.2) is 12.1 Å². The van der Waals surface area contributed by atoms with E-state index in [2.05, 4.69) is 10.3 Å². The lowest BCUT2D eigenvalue weighted by atomic mass is 9.75. The zero-order valence-electron chi connectivity index (χ0n) is 10.1. The van der Waals surface area contributed by atoms with Gasteiger partial charge in [0.05, 0.1) is 5.56 Å². The van der Waals surface area contributed by atoms with Crippen molar-refractivity contribution in [3.63, 3.8) is 0 Å². The van der Waals surface area contributed by atoms with Crippen molar-refractivity contribution in [3.05, 3.63) is 17.7 Å².